The number of hydroxylamine groups is 2. The number of carbonyl (C=O) groups excluding carboxylic acids is 2. The average Bonchev–Trinajstić information content (AvgIpc) is 3.58. The van der Waals surface area contributed by atoms with Crippen LogP contribution in [0.15, 0.2) is 12.2 Å². The standard InChI is InChI=1S/C24H35FN6O4/c1-17-26-22(21(25)23(27-17)30-11-5-6-12-30)28-29-24(33)19(14-18-8-2-3-9-18)15-31(16-32)35-20-10-4-7-13-34-20/h5-6,16,18-20H,2-4,7-15H2,1H3,(H,29,33)(H,26,27,28)/t19-,20?/m0/s1. The summed E-state index contributed by atoms with van der Waals surface area (Å²) in [7, 11) is 0. The smallest absolute Gasteiger partial charge is 0.243 e. The van der Waals surface area contributed by atoms with E-state index in [1.54, 1.807) is 11.8 Å². The van der Waals surface area contributed by atoms with E-state index in [0.29, 0.717) is 50.7 Å². The van der Waals surface area contributed by atoms with Gasteiger partial charge in [-0.1, -0.05) is 37.8 Å². The Balaban J connectivity index is 1.41. The summed E-state index contributed by atoms with van der Waals surface area (Å²) in [6.07, 6.45) is 11.6. The monoisotopic (exact) mass is 490 g/mol. The topological polar surface area (TPSA) is 109 Å². The molecule has 0 spiro atoms. The van der Waals surface area contributed by atoms with Crippen LogP contribution >= 0.6 is 0 Å². The predicted molar refractivity (Wildman–Crippen MR) is 127 cm³/mol. The number of aryl methyl sites for hydroxylation is 1. The molecule has 0 aromatic carbocycles. The molecule has 1 aromatic rings. The van der Waals surface area contributed by atoms with Crippen LogP contribution in [-0.4, -0.2) is 59.9 Å². The maximum absolute atomic E-state index is 15.1. The fourth-order valence-corrected chi connectivity index (χ4v) is 4.90. The van der Waals surface area contributed by atoms with Gasteiger partial charge in [0.05, 0.1) is 12.5 Å². The van der Waals surface area contributed by atoms with Crippen molar-refractivity contribution in [3.05, 3.63) is 23.8 Å². The maximum Gasteiger partial charge on any atom is 0.243 e. The number of hydrogen-bond acceptors (Lipinski definition) is 8. The van der Waals surface area contributed by atoms with Gasteiger partial charge in [-0.05, 0) is 32.1 Å². The lowest BCUT2D eigenvalue weighted by Crippen LogP contribution is -2.43. The first kappa shape index (κ1) is 25.3. The number of rotatable bonds is 11. The summed E-state index contributed by atoms with van der Waals surface area (Å²) in [5.74, 6) is -0.622. The molecule has 1 saturated carbocycles. The van der Waals surface area contributed by atoms with Crippen LogP contribution < -0.4 is 15.8 Å². The van der Waals surface area contributed by atoms with Gasteiger partial charge in [-0.2, -0.15) is 4.39 Å². The molecule has 2 N–H and O–H groups in total. The van der Waals surface area contributed by atoms with Crippen LogP contribution in [-0.2, 0) is 19.2 Å². The summed E-state index contributed by atoms with van der Waals surface area (Å²) < 4.78 is 20.7. The number of aromatic nitrogens is 2. The number of hydrazine groups is 1. The van der Waals surface area contributed by atoms with Crippen LogP contribution in [0.4, 0.5) is 16.0 Å². The minimum absolute atomic E-state index is 0.0867. The molecule has 2 aliphatic heterocycles. The minimum atomic E-state index is -0.626. The lowest BCUT2D eigenvalue weighted by molar-refractivity contribution is -0.276. The Bertz CT molecular complexity index is 896. The van der Waals surface area contributed by atoms with E-state index in [1.165, 1.54) is 0 Å². The van der Waals surface area contributed by atoms with E-state index in [0.717, 1.165) is 43.6 Å². The van der Waals surface area contributed by atoms with Crippen molar-refractivity contribution in [2.45, 2.75) is 64.6 Å². The first-order chi connectivity index (χ1) is 17.0. The van der Waals surface area contributed by atoms with Gasteiger partial charge >= 0.3 is 0 Å². The van der Waals surface area contributed by atoms with E-state index in [9.17, 15) is 9.59 Å². The van der Waals surface area contributed by atoms with Crippen molar-refractivity contribution in [1.29, 1.82) is 0 Å². The van der Waals surface area contributed by atoms with E-state index >= 15 is 4.39 Å². The summed E-state index contributed by atoms with van der Waals surface area (Å²) in [6, 6.07) is 0. The number of anilines is 2. The molecule has 1 aromatic heterocycles. The number of amides is 2. The highest BCUT2D eigenvalue weighted by Crippen LogP contribution is 2.31. The highest BCUT2D eigenvalue weighted by Gasteiger charge is 2.29. The van der Waals surface area contributed by atoms with Crippen molar-refractivity contribution in [3.63, 3.8) is 0 Å². The van der Waals surface area contributed by atoms with Gasteiger partial charge in [0.2, 0.25) is 18.1 Å². The predicted octanol–water partition coefficient (Wildman–Crippen LogP) is 2.86. The van der Waals surface area contributed by atoms with Crippen molar-refractivity contribution in [2.24, 2.45) is 11.8 Å². The lowest BCUT2D eigenvalue weighted by atomic mass is 9.92. The Kier molecular flexibility index (Phi) is 8.86. The minimum Gasteiger partial charge on any atom is -0.350 e. The van der Waals surface area contributed by atoms with Gasteiger partial charge in [-0.25, -0.2) is 19.9 Å². The van der Waals surface area contributed by atoms with Crippen molar-refractivity contribution in [1.82, 2.24) is 20.5 Å². The fourth-order valence-electron chi connectivity index (χ4n) is 4.90. The molecule has 3 heterocycles. The summed E-state index contributed by atoms with van der Waals surface area (Å²) in [4.78, 5) is 40.8. The Hall–Kier alpha value is -2.79. The van der Waals surface area contributed by atoms with E-state index in [4.69, 9.17) is 9.57 Å². The van der Waals surface area contributed by atoms with Crippen molar-refractivity contribution >= 4 is 24.0 Å². The SMILES string of the molecule is Cc1nc(NNC(=O)[C@@H](CC2CCCC2)CN(C=O)OC2CCCCO2)c(F)c(N2CC=CC2)n1. The summed E-state index contributed by atoms with van der Waals surface area (Å²) in [5.41, 5.74) is 5.26. The van der Waals surface area contributed by atoms with Gasteiger partial charge in [-0.15, -0.1) is 0 Å². The van der Waals surface area contributed by atoms with Crippen molar-refractivity contribution in [3.8, 4) is 0 Å². The van der Waals surface area contributed by atoms with E-state index < -0.39 is 18.0 Å². The molecule has 192 valence electrons. The van der Waals surface area contributed by atoms with Gasteiger partial charge < -0.3 is 9.64 Å². The molecule has 0 radical (unpaired) electrons. The molecule has 0 bridgehead atoms. The molecular weight excluding hydrogens is 455 g/mol. The van der Waals surface area contributed by atoms with Crippen molar-refractivity contribution in [2.75, 3.05) is 36.6 Å². The number of nitrogens with one attached hydrogen (secondary N) is 2. The second-order valence-electron chi connectivity index (χ2n) is 9.44. The highest BCUT2D eigenvalue weighted by molar-refractivity contribution is 5.80. The average molecular weight is 491 g/mol. The second-order valence-corrected chi connectivity index (χ2v) is 9.44. The third-order valence-electron chi connectivity index (χ3n) is 6.74. The van der Waals surface area contributed by atoms with Gasteiger partial charge in [0.1, 0.15) is 5.82 Å². The summed E-state index contributed by atoms with van der Waals surface area (Å²) >= 11 is 0. The molecule has 2 fully saturated rings. The Labute approximate surface area is 205 Å². The van der Waals surface area contributed by atoms with Crippen LogP contribution in [0.25, 0.3) is 0 Å². The molecule has 1 aliphatic carbocycles. The first-order valence-corrected chi connectivity index (χ1v) is 12.5. The van der Waals surface area contributed by atoms with Crippen molar-refractivity contribution < 1.29 is 23.6 Å². The molecule has 10 nitrogen and oxygen atoms in total. The molecule has 35 heavy (non-hydrogen) atoms. The third-order valence-corrected chi connectivity index (χ3v) is 6.74. The molecule has 4 rings (SSSR count). The molecular formula is C24H35FN6O4. The maximum atomic E-state index is 15.1. The van der Waals surface area contributed by atoms with Crippen LogP contribution in [0.2, 0.25) is 0 Å². The van der Waals surface area contributed by atoms with Crippen LogP contribution in [0.1, 0.15) is 57.2 Å². The number of nitrogens with zero attached hydrogens (tertiary/aromatic N) is 4. The van der Waals surface area contributed by atoms with Crippen LogP contribution in [0.5, 0.6) is 0 Å². The highest BCUT2D eigenvalue weighted by atomic mass is 19.1. The molecule has 1 unspecified atom stereocenters. The van der Waals surface area contributed by atoms with E-state index in [2.05, 4.69) is 20.8 Å². The molecule has 2 amide bonds. The van der Waals surface area contributed by atoms with Gasteiger partial charge in [0.25, 0.3) is 0 Å². The van der Waals surface area contributed by atoms with Gasteiger partial charge in [0.15, 0.2) is 17.9 Å². The zero-order chi connectivity index (χ0) is 24.6. The Morgan fingerprint density at radius 1 is 1.26 bits per heavy atom. The van der Waals surface area contributed by atoms with Crippen LogP contribution in [0.3, 0.4) is 0 Å². The Morgan fingerprint density at radius 3 is 2.69 bits per heavy atom. The quantitative estimate of drug-likeness (QED) is 0.277. The van der Waals surface area contributed by atoms with E-state index in [-0.39, 0.29) is 24.1 Å². The number of ether oxygens (including phenoxy) is 1. The zero-order valence-corrected chi connectivity index (χ0v) is 20.2. The number of carbonyl (C=O) groups is 2. The zero-order valence-electron chi connectivity index (χ0n) is 20.2. The number of halogens is 1. The third kappa shape index (κ3) is 6.88. The molecule has 2 atom stereocenters. The largest absolute Gasteiger partial charge is 0.350 e. The van der Waals surface area contributed by atoms with Gasteiger partial charge in [0, 0.05) is 26.1 Å². The second kappa shape index (κ2) is 12.3. The Morgan fingerprint density at radius 2 is 2.00 bits per heavy atom. The lowest BCUT2D eigenvalue weighted by Gasteiger charge is -2.30. The van der Waals surface area contributed by atoms with Crippen LogP contribution in [0, 0.1) is 24.6 Å². The molecule has 3 aliphatic rings. The van der Waals surface area contributed by atoms with E-state index in [1.807, 2.05) is 12.2 Å². The fraction of sp³-hybridized carbons (Fsp3) is 0.667. The number of hydrogen-bond donors (Lipinski definition) is 2. The summed E-state index contributed by atoms with van der Waals surface area (Å²) in [6.45, 7) is 3.48. The molecule has 1 saturated heterocycles. The first-order valence-electron chi connectivity index (χ1n) is 12.5. The van der Waals surface area contributed by atoms with Gasteiger partial charge in [-0.3, -0.25) is 20.4 Å². The molecule has 11 heteroatoms. The summed E-state index contributed by atoms with van der Waals surface area (Å²) in [5, 5.41) is 1.16. The normalized spacial score (nSPS) is 21.2.